The maximum atomic E-state index is 12.6. The number of primary amides is 1. The number of carboxylic acids is 1. The molecule has 1 unspecified atom stereocenters. The van der Waals surface area contributed by atoms with Crippen LogP contribution in [0.25, 0.3) is 11.1 Å². The van der Waals surface area contributed by atoms with E-state index in [1.807, 2.05) is 36.4 Å². The zero-order valence-corrected chi connectivity index (χ0v) is 19.4. The van der Waals surface area contributed by atoms with Gasteiger partial charge in [-0.25, -0.2) is 4.98 Å². The fraction of sp³-hybridized carbons (Fsp3) is 0.222. The third-order valence-electron chi connectivity index (χ3n) is 5.95. The van der Waals surface area contributed by atoms with Gasteiger partial charge in [0.25, 0.3) is 0 Å². The average molecular weight is 459 g/mol. The molecule has 168 valence electrons. The van der Waals surface area contributed by atoms with Crippen LogP contribution in [0.1, 0.15) is 35.7 Å². The molecule has 1 amide bonds. The van der Waals surface area contributed by atoms with E-state index in [1.165, 1.54) is 11.3 Å². The minimum atomic E-state index is -0.915. The predicted octanol–water partition coefficient (Wildman–Crippen LogP) is 5.19. The highest BCUT2D eigenvalue weighted by Crippen LogP contribution is 2.40. The maximum absolute atomic E-state index is 12.6. The molecule has 5 nitrogen and oxygen atoms in total. The summed E-state index contributed by atoms with van der Waals surface area (Å²) in [5.74, 6) is -1.87. The minimum absolute atomic E-state index is 0.321. The summed E-state index contributed by atoms with van der Waals surface area (Å²) in [6, 6.07) is 10.2. The van der Waals surface area contributed by atoms with Crippen LogP contribution in [0.3, 0.4) is 0 Å². The Morgan fingerprint density at radius 1 is 1.18 bits per heavy atom. The summed E-state index contributed by atoms with van der Waals surface area (Å²) in [5, 5.41) is 10.1. The first-order valence-corrected chi connectivity index (χ1v) is 11.6. The molecule has 1 atom stereocenters. The average Bonchev–Trinajstić information content (AvgIpc) is 3.26. The second kappa shape index (κ2) is 9.16. The Labute approximate surface area is 197 Å². The van der Waals surface area contributed by atoms with Crippen molar-refractivity contribution >= 4 is 34.4 Å². The first-order chi connectivity index (χ1) is 15.8. The summed E-state index contributed by atoms with van der Waals surface area (Å²) in [6.07, 6.45) is 14.8. The van der Waals surface area contributed by atoms with E-state index in [1.54, 1.807) is 20.0 Å². The summed E-state index contributed by atoms with van der Waals surface area (Å²) < 4.78 is 0. The summed E-state index contributed by atoms with van der Waals surface area (Å²) in [5.41, 5.74) is 10.0. The van der Waals surface area contributed by atoms with E-state index < -0.39 is 23.2 Å². The predicted molar refractivity (Wildman–Crippen MR) is 132 cm³/mol. The van der Waals surface area contributed by atoms with Crippen LogP contribution in [-0.2, 0) is 16.0 Å². The van der Waals surface area contributed by atoms with Crippen molar-refractivity contribution in [2.45, 2.75) is 26.7 Å². The van der Waals surface area contributed by atoms with E-state index in [-0.39, 0.29) is 0 Å². The molecule has 0 fully saturated rings. The van der Waals surface area contributed by atoms with Crippen molar-refractivity contribution < 1.29 is 14.7 Å². The van der Waals surface area contributed by atoms with Crippen LogP contribution in [0.4, 0.5) is 0 Å². The summed E-state index contributed by atoms with van der Waals surface area (Å²) in [6.45, 7) is 3.36. The van der Waals surface area contributed by atoms with Gasteiger partial charge in [-0.2, -0.15) is 0 Å². The molecule has 1 heterocycles. The number of nitrogens with two attached hydrogens (primary N) is 1. The highest BCUT2D eigenvalue weighted by atomic mass is 32.1. The molecule has 1 aromatic carbocycles. The van der Waals surface area contributed by atoms with Gasteiger partial charge >= 0.3 is 5.97 Å². The number of allylic oxidation sites excluding steroid dienone is 8. The lowest BCUT2D eigenvalue weighted by molar-refractivity contribution is -0.146. The van der Waals surface area contributed by atoms with E-state index in [0.29, 0.717) is 12.8 Å². The number of amides is 1. The van der Waals surface area contributed by atoms with Gasteiger partial charge in [-0.3, -0.25) is 9.59 Å². The number of thiazole rings is 1. The number of aromatic nitrogens is 1. The standard InChI is InChI=1S/C27H26N2O3S/c1-27(2,26(31)32)15-23-29-16-22(33-23)21-10-6-9-20(24(21)25(28)30)19-13-11-18(12-14-19)17-7-4-3-5-8-17/h3-13,16,24H,14-15H2,1-2H3,(H2,28,30)(H,31,32). The normalized spacial score (nSPS) is 20.4. The Kier molecular flexibility index (Phi) is 6.29. The SMILES string of the molecule is CC(C)(Cc1ncc(C2=CC=CC(=C3C=CC(c4ccccc4)=CC3)C2C(N)=O)s1)C(=O)O. The molecule has 0 saturated heterocycles. The number of carbonyl (C=O) groups is 2. The second-order valence-electron chi connectivity index (χ2n) is 8.84. The Morgan fingerprint density at radius 2 is 1.94 bits per heavy atom. The van der Waals surface area contributed by atoms with Crippen LogP contribution < -0.4 is 5.73 Å². The number of rotatable bonds is 6. The molecule has 33 heavy (non-hydrogen) atoms. The van der Waals surface area contributed by atoms with Crippen molar-refractivity contribution in [1.29, 1.82) is 0 Å². The van der Waals surface area contributed by atoms with Crippen LogP contribution in [0.5, 0.6) is 0 Å². The quantitative estimate of drug-likeness (QED) is 0.623. The zero-order chi connectivity index (χ0) is 23.6. The number of benzene rings is 1. The molecular weight excluding hydrogens is 432 g/mol. The van der Waals surface area contributed by atoms with Gasteiger partial charge in [0, 0.05) is 12.6 Å². The molecular formula is C27H26N2O3S. The molecule has 2 aromatic rings. The molecule has 0 bridgehead atoms. The maximum Gasteiger partial charge on any atom is 0.309 e. The van der Waals surface area contributed by atoms with Crippen molar-refractivity contribution in [1.82, 2.24) is 4.98 Å². The number of nitrogens with zero attached hydrogens (tertiary/aromatic N) is 1. The van der Waals surface area contributed by atoms with Crippen molar-refractivity contribution in [2.24, 2.45) is 17.1 Å². The molecule has 4 rings (SSSR count). The number of hydrogen-bond acceptors (Lipinski definition) is 4. The van der Waals surface area contributed by atoms with Gasteiger partial charge in [0.05, 0.1) is 21.2 Å². The third kappa shape index (κ3) is 4.81. The summed E-state index contributed by atoms with van der Waals surface area (Å²) in [7, 11) is 0. The van der Waals surface area contributed by atoms with Crippen LogP contribution in [0, 0.1) is 11.3 Å². The molecule has 6 heteroatoms. The second-order valence-corrected chi connectivity index (χ2v) is 9.96. The highest BCUT2D eigenvalue weighted by molar-refractivity contribution is 7.12. The lowest BCUT2D eigenvalue weighted by Gasteiger charge is -2.24. The van der Waals surface area contributed by atoms with E-state index in [0.717, 1.165) is 37.7 Å². The molecule has 2 aliphatic carbocycles. The Hall–Kier alpha value is -3.51. The molecule has 0 aliphatic heterocycles. The highest BCUT2D eigenvalue weighted by Gasteiger charge is 2.32. The van der Waals surface area contributed by atoms with Gasteiger partial charge in [-0.05, 0) is 48.1 Å². The van der Waals surface area contributed by atoms with Gasteiger partial charge in [-0.15, -0.1) is 11.3 Å². The Bertz CT molecular complexity index is 1240. The van der Waals surface area contributed by atoms with Crippen LogP contribution >= 0.6 is 11.3 Å². The third-order valence-corrected chi connectivity index (χ3v) is 7.00. The van der Waals surface area contributed by atoms with Gasteiger partial charge in [0.2, 0.25) is 5.91 Å². The topological polar surface area (TPSA) is 93.3 Å². The number of aliphatic carboxylic acids is 1. The Morgan fingerprint density at radius 3 is 2.58 bits per heavy atom. The molecule has 0 spiro atoms. The zero-order valence-electron chi connectivity index (χ0n) is 18.6. The van der Waals surface area contributed by atoms with Crippen molar-refractivity contribution in [2.75, 3.05) is 0 Å². The lowest BCUT2D eigenvalue weighted by atomic mass is 9.81. The van der Waals surface area contributed by atoms with Gasteiger partial charge in [-0.1, -0.05) is 66.8 Å². The van der Waals surface area contributed by atoms with E-state index in [4.69, 9.17) is 5.73 Å². The number of carbonyl (C=O) groups excluding carboxylic acids is 1. The largest absolute Gasteiger partial charge is 0.481 e. The fourth-order valence-corrected chi connectivity index (χ4v) is 5.22. The summed E-state index contributed by atoms with van der Waals surface area (Å²) in [4.78, 5) is 29.3. The Balaban J connectivity index is 1.62. The molecule has 1 aromatic heterocycles. The van der Waals surface area contributed by atoms with Crippen LogP contribution in [-0.4, -0.2) is 22.0 Å². The van der Waals surface area contributed by atoms with Crippen molar-refractivity contribution in [3.63, 3.8) is 0 Å². The first-order valence-electron chi connectivity index (χ1n) is 10.8. The van der Waals surface area contributed by atoms with Gasteiger partial charge in [0.1, 0.15) is 0 Å². The van der Waals surface area contributed by atoms with Crippen LogP contribution in [0.2, 0.25) is 0 Å². The van der Waals surface area contributed by atoms with E-state index >= 15 is 0 Å². The number of carboxylic acid groups (broad SMARTS) is 1. The molecule has 2 aliphatic rings. The number of hydrogen-bond donors (Lipinski definition) is 2. The first kappa shape index (κ1) is 22.7. The molecule has 3 N–H and O–H groups in total. The van der Waals surface area contributed by atoms with Crippen molar-refractivity contribution in [3.05, 3.63) is 99.6 Å². The van der Waals surface area contributed by atoms with E-state index in [9.17, 15) is 14.7 Å². The van der Waals surface area contributed by atoms with Crippen molar-refractivity contribution in [3.8, 4) is 0 Å². The van der Waals surface area contributed by atoms with Gasteiger partial charge in [0.15, 0.2) is 0 Å². The molecule has 0 saturated carbocycles. The lowest BCUT2D eigenvalue weighted by Crippen LogP contribution is -2.27. The van der Waals surface area contributed by atoms with E-state index in [2.05, 4.69) is 35.3 Å². The monoisotopic (exact) mass is 458 g/mol. The fourth-order valence-electron chi connectivity index (χ4n) is 4.02. The summed E-state index contributed by atoms with van der Waals surface area (Å²) >= 11 is 1.41. The molecule has 0 radical (unpaired) electrons. The minimum Gasteiger partial charge on any atom is -0.481 e. The van der Waals surface area contributed by atoms with Gasteiger partial charge < -0.3 is 10.8 Å². The van der Waals surface area contributed by atoms with Crippen LogP contribution in [0.15, 0.2) is 84.1 Å². The smallest absolute Gasteiger partial charge is 0.309 e.